The maximum atomic E-state index is 12.4. The maximum absolute atomic E-state index is 12.4. The van der Waals surface area contributed by atoms with Crippen LogP contribution >= 0.6 is 0 Å². The Morgan fingerprint density at radius 3 is 2.88 bits per heavy atom. The van der Waals surface area contributed by atoms with Gasteiger partial charge in [0.1, 0.15) is 5.69 Å². The molecule has 2 N–H and O–H groups in total. The predicted octanol–water partition coefficient (Wildman–Crippen LogP) is 1.63. The van der Waals surface area contributed by atoms with Crippen molar-refractivity contribution in [2.24, 2.45) is 0 Å². The molecule has 0 bridgehead atoms. The molecule has 7 nitrogen and oxygen atoms in total. The van der Waals surface area contributed by atoms with Gasteiger partial charge in [0.05, 0.1) is 5.69 Å². The Morgan fingerprint density at radius 1 is 1.25 bits per heavy atom. The Kier molecular flexibility index (Phi) is 3.86. The van der Waals surface area contributed by atoms with Crippen molar-refractivity contribution in [2.75, 3.05) is 26.9 Å². The van der Waals surface area contributed by atoms with Crippen molar-refractivity contribution in [3.8, 4) is 22.8 Å². The highest BCUT2D eigenvalue weighted by Crippen LogP contribution is 2.35. The number of nitrogens with one attached hydrogen (secondary N) is 2. The molecule has 0 radical (unpaired) electrons. The van der Waals surface area contributed by atoms with Gasteiger partial charge in [-0.25, -0.2) is 0 Å². The first-order chi connectivity index (χ1) is 11.7. The number of hydrogen-bond acceptors (Lipinski definition) is 5. The van der Waals surface area contributed by atoms with Crippen LogP contribution in [0.15, 0.2) is 24.3 Å². The summed E-state index contributed by atoms with van der Waals surface area (Å²) in [7, 11) is 2.10. The van der Waals surface area contributed by atoms with Crippen molar-refractivity contribution in [3.63, 3.8) is 0 Å². The lowest BCUT2D eigenvalue weighted by Gasteiger charge is -2.29. The standard InChI is InChI=1S/C17H20N4O3/c1-21-6-4-12(5-7-21)18-17(22)14-9-13(19-20-14)11-2-3-15-16(8-11)24-10-23-15/h2-3,8-9,12H,4-7,10H2,1H3,(H,18,22)(H,19,20). The molecule has 2 aromatic rings. The van der Waals surface area contributed by atoms with Gasteiger partial charge in [0.25, 0.3) is 5.91 Å². The van der Waals surface area contributed by atoms with Crippen LogP contribution in [0.5, 0.6) is 11.5 Å². The van der Waals surface area contributed by atoms with Crippen LogP contribution in [0.25, 0.3) is 11.3 Å². The van der Waals surface area contributed by atoms with Gasteiger partial charge in [-0.1, -0.05) is 0 Å². The smallest absolute Gasteiger partial charge is 0.269 e. The topological polar surface area (TPSA) is 79.5 Å². The molecule has 1 saturated heterocycles. The minimum absolute atomic E-state index is 0.107. The fourth-order valence-corrected chi connectivity index (χ4v) is 3.06. The van der Waals surface area contributed by atoms with Gasteiger partial charge in [-0.05, 0) is 57.2 Å². The summed E-state index contributed by atoms with van der Waals surface area (Å²) in [5.74, 6) is 1.33. The van der Waals surface area contributed by atoms with Gasteiger partial charge in [-0.15, -0.1) is 0 Å². The summed E-state index contributed by atoms with van der Waals surface area (Å²) < 4.78 is 10.7. The monoisotopic (exact) mass is 328 g/mol. The molecular formula is C17H20N4O3. The number of amides is 1. The molecule has 0 aliphatic carbocycles. The van der Waals surface area contributed by atoms with E-state index in [4.69, 9.17) is 9.47 Å². The van der Waals surface area contributed by atoms with E-state index in [2.05, 4.69) is 27.5 Å². The van der Waals surface area contributed by atoms with Gasteiger partial charge in [-0.2, -0.15) is 5.10 Å². The summed E-state index contributed by atoms with van der Waals surface area (Å²) in [5, 5.41) is 10.2. The number of rotatable bonds is 3. The summed E-state index contributed by atoms with van der Waals surface area (Å²) in [4.78, 5) is 14.7. The van der Waals surface area contributed by atoms with Crippen LogP contribution in [-0.2, 0) is 0 Å². The molecule has 0 spiro atoms. The zero-order valence-corrected chi connectivity index (χ0v) is 13.5. The first kappa shape index (κ1) is 15.0. The molecular weight excluding hydrogens is 308 g/mol. The van der Waals surface area contributed by atoms with Crippen LogP contribution in [0.4, 0.5) is 0 Å². The Bertz CT molecular complexity index is 750. The van der Waals surface area contributed by atoms with Crippen LogP contribution in [0.1, 0.15) is 23.3 Å². The molecule has 0 atom stereocenters. The van der Waals surface area contributed by atoms with Crippen molar-refractivity contribution in [1.82, 2.24) is 20.4 Å². The van der Waals surface area contributed by atoms with Gasteiger partial charge in [0.15, 0.2) is 11.5 Å². The minimum atomic E-state index is -0.107. The molecule has 126 valence electrons. The fourth-order valence-electron chi connectivity index (χ4n) is 3.06. The highest BCUT2D eigenvalue weighted by atomic mass is 16.7. The average molecular weight is 328 g/mol. The van der Waals surface area contributed by atoms with Crippen LogP contribution in [0.2, 0.25) is 0 Å². The van der Waals surface area contributed by atoms with Crippen molar-refractivity contribution in [2.45, 2.75) is 18.9 Å². The van der Waals surface area contributed by atoms with Crippen LogP contribution in [0.3, 0.4) is 0 Å². The molecule has 1 amide bonds. The van der Waals surface area contributed by atoms with E-state index in [0.29, 0.717) is 17.1 Å². The SMILES string of the molecule is CN1CCC(NC(=O)c2cc(-c3ccc4c(c3)OCO4)n[nH]2)CC1. The number of nitrogens with zero attached hydrogens (tertiary/aromatic N) is 2. The molecule has 0 unspecified atom stereocenters. The molecule has 2 aliphatic heterocycles. The highest BCUT2D eigenvalue weighted by molar-refractivity contribution is 5.93. The normalized spacial score (nSPS) is 17.9. The van der Waals surface area contributed by atoms with Crippen molar-refractivity contribution in [1.29, 1.82) is 0 Å². The average Bonchev–Trinajstić information content (AvgIpc) is 3.25. The third-order valence-electron chi connectivity index (χ3n) is 4.54. The molecule has 1 aromatic carbocycles. The third kappa shape index (κ3) is 2.94. The number of piperidine rings is 1. The molecule has 0 saturated carbocycles. The summed E-state index contributed by atoms with van der Waals surface area (Å²) in [6.45, 7) is 2.26. The Labute approximate surface area is 139 Å². The predicted molar refractivity (Wildman–Crippen MR) is 88.1 cm³/mol. The number of hydrogen-bond donors (Lipinski definition) is 2. The zero-order valence-electron chi connectivity index (χ0n) is 13.5. The first-order valence-corrected chi connectivity index (χ1v) is 8.14. The van der Waals surface area contributed by atoms with E-state index >= 15 is 0 Å². The van der Waals surface area contributed by atoms with E-state index in [0.717, 1.165) is 37.2 Å². The van der Waals surface area contributed by atoms with E-state index in [1.165, 1.54) is 0 Å². The first-order valence-electron chi connectivity index (χ1n) is 8.14. The van der Waals surface area contributed by atoms with Gasteiger partial charge < -0.3 is 19.7 Å². The van der Waals surface area contributed by atoms with E-state index in [-0.39, 0.29) is 18.7 Å². The minimum Gasteiger partial charge on any atom is -0.454 e. The number of fused-ring (bicyclic) bond motifs is 1. The number of likely N-dealkylation sites (tertiary alicyclic amines) is 1. The summed E-state index contributed by atoms with van der Waals surface area (Å²) in [5.41, 5.74) is 2.07. The Balaban J connectivity index is 1.45. The number of carbonyl (C=O) groups is 1. The zero-order chi connectivity index (χ0) is 16.5. The van der Waals surface area contributed by atoms with Gasteiger partial charge in [-0.3, -0.25) is 9.89 Å². The number of benzene rings is 1. The Hall–Kier alpha value is -2.54. The van der Waals surface area contributed by atoms with Crippen LogP contribution in [0, 0.1) is 0 Å². The molecule has 3 heterocycles. The van der Waals surface area contributed by atoms with E-state index in [1.807, 2.05) is 18.2 Å². The van der Waals surface area contributed by atoms with Gasteiger partial charge in [0.2, 0.25) is 6.79 Å². The summed E-state index contributed by atoms with van der Waals surface area (Å²) >= 11 is 0. The molecule has 1 aromatic heterocycles. The van der Waals surface area contributed by atoms with Crippen molar-refractivity contribution < 1.29 is 14.3 Å². The second-order valence-electron chi connectivity index (χ2n) is 6.29. The summed E-state index contributed by atoms with van der Waals surface area (Å²) in [6, 6.07) is 7.62. The highest BCUT2D eigenvalue weighted by Gasteiger charge is 2.21. The molecule has 7 heteroatoms. The molecule has 1 fully saturated rings. The van der Waals surface area contributed by atoms with Gasteiger partial charge >= 0.3 is 0 Å². The maximum Gasteiger partial charge on any atom is 0.269 e. The number of carbonyl (C=O) groups excluding carboxylic acids is 1. The van der Waals surface area contributed by atoms with Crippen molar-refractivity contribution in [3.05, 3.63) is 30.0 Å². The lowest BCUT2D eigenvalue weighted by Crippen LogP contribution is -2.43. The van der Waals surface area contributed by atoms with Gasteiger partial charge in [0, 0.05) is 11.6 Å². The van der Waals surface area contributed by atoms with E-state index in [9.17, 15) is 4.79 Å². The number of ether oxygens (including phenoxy) is 2. The Morgan fingerprint density at radius 2 is 2.04 bits per heavy atom. The third-order valence-corrected chi connectivity index (χ3v) is 4.54. The molecule has 2 aliphatic rings. The largest absolute Gasteiger partial charge is 0.454 e. The molecule has 4 rings (SSSR count). The summed E-state index contributed by atoms with van der Waals surface area (Å²) in [6.07, 6.45) is 1.96. The van der Waals surface area contributed by atoms with E-state index < -0.39 is 0 Å². The lowest BCUT2D eigenvalue weighted by molar-refractivity contribution is 0.0911. The van der Waals surface area contributed by atoms with Crippen LogP contribution < -0.4 is 14.8 Å². The van der Waals surface area contributed by atoms with Crippen molar-refractivity contribution >= 4 is 5.91 Å². The number of aromatic amines is 1. The number of H-pyrrole nitrogens is 1. The number of aromatic nitrogens is 2. The quantitative estimate of drug-likeness (QED) is 0.895. The lowest BCUT2D eigenvalue weighted by atomic mass is 10.1. The van der Waals surface area contributed by atoms with E-state index in [1.54, 1.807) is 6.07 Å². The second kappa shape index (κ2) is 6.16. The van der Waals surface area contributed by atoms with Crippen LogP contribution in [-0.4, -0.2) is 54.0 Å². The molecule has 24 heavy (non-hydrogen) atoms. The second-order valence-corrected chi connectivity index (χ2v) is 6.29. The fraction of sp³-hybridized carbons (Fsp3) is 0.412.